The zero-order valence-corrected chi connectivity index (χ0v) is 13.7. The maximum atomic E-state index is 12.5. The Kier molecular flexibility index (Phi) is 4.92. The number of aryl methyl sites for hydroxylation is 1. The largest absolute Gasteiger partial charge is 0.496 e. The Hall–Kier alpha value is -1.51. The van der Waals surface area contributed by atoms with Gasteiger partial charge in [-0.1, -0.05) is 35.3 Å². The minimum absolute atomic E-state index is 0.0285. The summed E-state index contributed by atoms with van der Waals surface area (Å²) in [6, 6.07) is 8.87. The summed E-state index contributed by atoms with van der Waals surface area (Å²) >= 11 is 12.0. The minimum Gasteiger partial charge on any atom is -0.496 e. The van der Waals surface area contributed by atoms with Crippen molar-refractivity contribution in [1.82, 2.24) is 0 Å². The van der Waals surface area contributed by atoms with E-state index >= 15 is 0 Å². The van der Waals surface area contributed by atoms with Crippen LogP contribution in [0.4, 0.5) is 0 Å². The molecule has 0 aliphatic rings. The summed E-state index contributed by atoms with van der Waals surface area (Å²) in [5, 5.41) is 1.05. The quantitative estimate of drug-likeness (QED) is 0.737. The van der Waals surface area contributed by atoms with Gasteiger partial charge in [0, 0.05) is 16.5 Å². The molecular weight excluding hydrogens is 307 g/mol. The van der Waals surface area contributed by atoms with Gasteiger partial charge < -0.3 is 4.74 Å². The van der Waals surface area contributed by atoms with Crippen LogP contribution in [-0.4, -0.2) is 12.9 Å². The first-order valence-electron chi connectivity index (χ1n) is 6.55. The van der Waals surface area contributed by atoms with Gasteiger partial charge in [0.1, 0.15) is 5.75 Å². The maximum Gasteiger partial charge on any atom is 0.171 e. The highest BCUT2D eigenvalue weighted by atomic mass is 35.5. The van der Waals surface area contributed by atoms with Crippen LogP contribution in [0.2, 0.25) is 10.0 Å². The molecule has 2 rings (SSSR count). The van der Waals surface area contributed by atoms with Crippen molar-refractivity contribution in [1.29, 1.82) is 0 Å². The van der Waals surface area contributed by atoms with E-state index in [4.69, 9.17) is 27.9 Å². The van der Waals surface area contributed by atoms with E-state index in [-0.39, 0.29) is 12.2 Å². The molecule has 0 amide bonds. The highest BCUT2D eigenvalue weighted by Crippen LogP contribution is 2.28. The summed E-state index contributed by atoms with van der Waals surface area (Å²) in [4.78, 5) is 12.5. The van der Waals surface area contributed by atoms with Gasteiger partial charge in [-0.25, -0.2) is 0 Å². The fraction of sp³-hybridized carbons (Fsp3) is 0.235. The first kappa shape index (κ1) is 15.9. The first-order chi connectivity index (χ1) is 9.93. The average molecular weight is 323 g/mol. The molecule has 0 saturated heterocycles. The molecule has 2 nitrogen and oxygen atoms in total. The number of halogens is 2. The molecule has 0 aliphatic carbocycles. The molecule has 2 aromatic rings. The lowest BCUT2D eigenvalue weighted by atomic mass is 9.98. The number of benzene rings is 2. The Labute approximate surface area is 134 Å². The lowest BCUT2D eigenvalue weighted by Gasteiger charge is -2.13. The monoisotopic (exact) mass is 322 g/mol. The van der Waals surface area contributed by atoms with Crippen molar-refractivity contribution in [2.75, 3.05) is 7.11 Å². The number of ketones is 1. The lowest BCUT2D eigenvalue weighted by molar-refractivity contribution is 0.0990. The predicted molar refractivity (Wildman–Crippen MR) is 87.0 cm³/mol. The summed E-state index contributed by atoms with van der Waals surface area (Å²) < 4.78 is 5.39. The van der Waals surface area contributed by atoms with E-state index in [0.717, 1.165) is 16.7 Å². The number of Topliss-reactive ketones (excluding diaryl/α,β-unsaturated/α-hetero) is 1. The van der Waals surface area contributed by atoms with E-state index < -0.39 is 0 Å². The van der Waals surface area contributed by atoms with E-state index in [1.807, 2.05) is 19.9 Å². The Balaban J connectivity index is 2.35. The van der Waals surface area contributed by atoms with Crippen LogP contribution in [-0.2, 0) is 6.42 Å². The van der Waals surface area contributed by atoms with E-state index in [2.05, 4.69) is 0 Å². The van der Waals surface area contributed by atoms with Gasteiger partial charge in [0.25, 0.3) is 0 Å². The maximum absolute atomic E-state index is 12.5. The standard InChI is InChI=1S/C17H16Cl2O2/c1-10-4-7-14(17(21-3)11(10)2)16(20)8-12-5-6-13(18)9-15(12)19/h4-7,9H,8H2,1-3H3. The van der Waals surface area contributed by atoms with Crippen LogP contribution in [0.5, 0.6) is 5.75 Å². The number of carbonyl (C=O) groups excluding carboxylic acids is 1. The second-order valence-corrected chi connectivity index (χ2v) is 5.77. The van der Waals surface area contributed by atoms with Crippen LogP contribution in [0.25, 0.3) is 0 Å². The average Bonchev–Trinajstić information content (AvgIpc) is 2.44. The molecule has 0 saturated carbocycles. The van der Waals surface area contributed by atoms with Gasteiger partial charge in [-0.15, -0.1) is 0 Å². The lowest BCUT2D eigenvalue weighted by Crippen LogP contribution is -2.08. The SMILES string of the molecule is COc1c(C(=O)Cc2ccc(Cl)cc2Cl)ccc(C)c1C. The molecule has 0 bridgehead atoms. The van der Waals surface area contributed by atoms with Crippen molar-refractivity contribution >= 4 is 29.0 Å². The van der Waals surface area contributed by atoms with Gasteiger partial charge in [-0.05, 0) is 48.7 Å². The van der Waals surface area contributed by atoms with Crippen LogP contribution in [0.1, 0.15) is 27.0 Å². The molecule has 0 fully saturated rings. The van der Waals surface area contributed by atoms with Crippen molar-refractivity contribution in [3.05, 3.63) is 62.6 Å². The molecule has 4 heteroatoms. The third-order valence-electron chi connectivity index (χ3n) is 3.55. The van der Waals surface area contributed by atoms with Gasteiger partial charge in [-0.3, -0.25) is 4.79 Å². The fourth-order valence-corrected chi connectivity index (χ4v) is 2.68. The Bertz CT molecular complexity index is 693. The zero-order chi connectivity index (χ0) is 15.6. The molecule has 0 atom stereocenters. The number of rotatable bonds is 4. The smallest absolute Gasteiger partial charge is 0.171 e. The summed E-state index contributed by atoms with van der Waals surface area (Å²) in [6.45, 7) is 3.93. The summed E-state index contributed by atoms with van der Waals surface area (Å²) in [5.41, 5.74) is 3.40. The normalized spacial score (nSPS) is 10.5. The second-order valence-electron chi connectivity index (χ2n) is 4.92. The van der Waals surface area contributed by atoms with Crippen LogP contribution in [0.3, 0.4) is 0 Å². The summed E-state index contributed by atoms with van der Waals surface area (Å²) in [7, 11) is 1.58. The Morgan fingerprint density at radius 2 is 1.86 bits per heavy atom. The molecule has 0 N–H and O–H groups in total. The van der Waals surface area contributed by atoms with Crippen molar-refractivity contribution in [3.63, 3.8) is 0 Å². The van der Waals surface area contributed by atoms with E-state index in [0.29, 0.717) is 21.4 Å². The topological polar surface area (TPSA) is 26.3 Å². The van der Waals surface area contributed by atoms with Crippen molar-refractivity contribution in [3.8, 4) is 5.75 Å². The number of carbonyl (C=O) groups is 1. The van der Waals surface area contributed by atoms with Crippen LogP contribution in [0.15, 0.2) is 30.3 Å². The molecule has 0 radical (unpaired) electrons. The van der Waals surface area contributed by atoms with Crippen LogP contribution < -0.4 is 4.74 Å². The number of hydrogen-bond donors (Lipinski definition) is 0. The third kappa shape index (κ3) is 3.39. The fourth-order valence-electron chi connectivity index (χ4n) is 2.21. The number of ether oxygens (including phenoxy) is 1. The zero-order valence-electron chi connectivity index (χ0n) is 12.2. The molecule has 2 aromatic carbocycles. The number of hydrogen-bond acceptors (Lipinski definition) is 2. The van der Waals surface area contributed by atoms with Gasteiger partial charge >= 0.3 is 0 Å². The van der Waals surface area contributed by atoms with Gasteiger partial charge in [0.05, 0.1) is 12.7 Å². The minimum atomic E-state index is -0.0285. The molecule has 0 aliphatic heterocycles. The second kappa shape index (κ2) is 6.50. The highest BCUT2D eigenvalue weighted by molar-refractivity contribution is 6.35. The van der Waals surface area contributed by atoms with E-state index in [1.165, 1.54) is 0 Å². The number of methoxy groups -OCH3 is 1. The molecule has 21 heavy (non-hydrogen) atoms. The van der Waals surface area contributed by atoms with E-state index in [9.17, 15) is 4.79 Å². The van der Waals surface area contributed by atoms with Crippen LogP contribution in [0, 0.1) is 13.8 Å². The van der Waals surface area contributed by atoms with Gasteiger partial charge in [0.15, 0.2) is 5.78 Å². The van der Waals surface area contributed by atoms with E-state index in [1.54, 1.807) is 31.4 Å². The molecule has 0 heterocycles. The van der Waals surface area contributed by atoms with Crippen molar-refractivity contribution in [2.24, 2.45) is 0 Å². The molecule has 110 valence electrons. The predicted octanol–water partition coefficient (Wildman–Crippen LogP) is 5.04. The molecule has 0 aromatic heterocycles. The highest BCUT2D eigenvalue weighted by Gasteiger charge is 2.17. The van der Waals surface area contributed by atoms with Crippen molar-refractivity contribution in [2.45, 2.75) is 20.3 Å². The van der Waals surface area contributed by atoms with Crippen LogP contribution >= 0.6 is 23.2 Å². The van der Waals surface area contributed by atoms with Crippen molar-refractivity contribution < 1.29 is 9.53 Å². The molecule has 0 unspecified atom stereocenters. The molecular formula is C17H16Cl2O2. The first-order valence-corrected chi connectivity index (χ1v) is 7.31. The van der Waals surface area contributed by atoms with Gasteiger partial charge in [0.2, 0.25) is 0 Å². The molecule has 0 spiro atoms. The Morgan fingerprint density at radius 1 is 1.14 bits per heavy atom. The third-order valence-corrected chi connectivity index (χ3v) is 4.13. The Morgan fingerprint density at radius 3 is 2.48 bits per heavy atom. The summed E-state index contributed by atoms with van der Waals surface area (Å²) in [5.74, 6) is 0.601. The summed E-state index contributed by atoms with van der Waals surface area (Å²) in [6.07, 6.45) is 0.217. The van der Waals surface area contributed by atoms with Gasteiger partial charge in [-0.2, -0.15) is 0 Å².